The summed E-state index contributed by atoms with van der Waals surface area (Å²) in [6.07, 6.45) is 0.624. The van der Waals surface area contributed by atoms with Gasteiger partial charge in [0.25, 0.3) is 0 Å². The summed E-state index contributed by atoms with van der Waals surface area (Å²) in [5.74, 6) is 0. The number of carbonyl (C=O) groups excluding carboxylic acids is 1. The van der Waals surface area contributed by atoms with Crippen LogP contribution < -0.4 is 10.6 Å². The number of nitrogens with zero attached hydrogens (tertiary/aromatic N) is 4. The third-order valence-electron chi connectivity index (χ3n) is 4.92. The number of carbonyl (C=O) groups is 1. The topological polar surface area (TPSA) is 92.5 Å². The van der Waals surface area contributed by atoms with Gasteiger partial charge in [0.05, 0.1) is 24.7 Å². The van der Waals surface area contributed by atoms with Crippen molar-refractivity contribution < 1.29 is 27.5 Å². The smallest absolute Gasteiger partial charge is 0.394 e. The number of amides is 2. The third-order valence-corrected chi connectivity index (χ3v) is 4.92. The number of imidazole rings is 1. The second-order valence-electron chi connectivity index (χ2n) is 7.70. The van der Waals surface area contributed by atoms with Gasteiger partial charge in [-0.3, -0.25) is 4.40 Å². The lowest BCUT2D eigenvalue weighted by Crippen LogP contribution is -2.36. The molecule has 0 saturated carbocycles. The fourth-order valence-electron chi connectivity index (χ4n) is 3.11. The van der Waals surface area contributed by atoms with E-state index in [1.54, 1.807) is 43.0 Å². The van der Waals surface area contributed by atoms with Crippen molar-refractivity contribution in [3.05, 3.63) is 54.4 Å². The van der Waals surface area contributed by atoms with Crippen LogP contribution in [0.1, 0.15) is 5.56 Å². The normalized spacial score (nSPS) is 11.9. The minimum absolute atomic E-state index is 0.353. The molecule has 188 valence electrons. The molecule has 3 aromatic rings. The van der Waals surface area contributed by atoms with Crippen LogP contribution in [0.15, 0.2) is 53.9 Å². The van der Waals surface area contributed by atoms with E-state index in [-0.39, 0.29) is 0 Å². The Kier molecular flexibility index (Phi) is 9.04. The molecule has 2 heterocycles. The molecule has 2 aromatic heterocycles. The number of oxime groups is 1. The quantitative estimate of drug-likeness (QED) is 0.242. The number of pyridine rings is 1. The molecule has 0 fully saturated rings. The highest BCUT2D eigenvalue weighted by molar-refractivity contribution is 5.90. The highest BCUT2D eigenvalue weighted by atomic mass is 19.4. The molecule has 2 amide bonds. The van der Waals surface area contributed by atoms with Crippen LogP contribution in [0.5, 0.6) is 0 Å². The Morgan fingerprint density at radius 1 is 1.23 bits per heavy atom. The van der Waals surface area contributed by atoms with Crippen molar-refractivity contribution in [2.45, 2.75) is 6.18 Å². The van der Waals surface area contributed by atoms with E-state index in [0.29, 0.717) is 24.5 Å². The standard InChI is InChI=1S/C23H27F3N6O3/c1-31(8-10-34-2)9-11-35-29-14-17-6-7-32-20(15-27-21(32)12-17)18-4-3-5-19(13-18)30-22(33)28-16-23(24,25)26/h3-7,12-15H,8-11,16H2,1-2H3,(H2,28,30,33)/b29-14+. The minimum atomic E-state index is -4.48. The lowest BCUT2D eigenvalue weighted by Gasteiger charge is -2.14. The predicted octanol–water partition coefficient (Wildman–Crippen LogP) is 3.61. The Hall–Kier alpha value is -3.64. The van der Waals surface area contributed by atoms with Gasteiger partial charge >= 0.3 is 12.2 Å². The first-order chi connectivity index (χ1) is 16.7. The zero-order valence-electron chi connectivity index (χ0n) is 19.4. The molecule has 0 aliphatic carbocycles. The van der Waals surface area contributed by atoms with Gasteiger partial charge in [-0.1, -0.05) is 17.3 Å². The number of hydrogen-bond acceptors (Lipinski definition) is 6. The van der Waals surface area contributed by atoms with E-state index in [1.165, 1.54) is 0 Å². The number of rotatable bonds is 11. The SMILES string of the molecule is COCCN(C)CCO/N=C/c1ccn2c(-c3cccc(NC(=O)NCC(F)(F)F)c3)cnc2c1. The molecule has 0 unspecified atom stereocenters. The molecule has 0 bridgehead atoms. The maximum absolute atomic E-state index is 12.3. The van der Waals surface area contributed by atoms with E-state index >= 15 is 0 Å². The van der Waals surface area contributed by atoms with Crippen molar-refractivity contribution in [3.63, 3.8) is 0 Å². The second-order valence-corrected chi connectivity index (χ2v) is 7.70. The van der Waals surface area contributed by atoms with E-state index in [2.05, 4.69) is 20.4 Å². The van der Waals surface area contributed by atoms with Gasteiger partial charge in [0.1, 0.15) is 18.8 Å². The number of methoxy groups -OCH3 is 1. The Morgan fingerprint density at radius 2 is 2.03 bits per heavy atom. The number of ether oxygens (including phenoxy) is 1. The lowest BCUT2D eigenvalue weighted by molar-refractivity contribution is -0.122. The second kappa shape index (κ2) is 12.2. The number of likely N-dealkylation sites (N-methyl/N-ethyl adjacent to an activating group) is 1. The van der Waals surface area contributed by atoms with Crippen LogP contribution in [0.4, 0.5) is 23.7 Å². The summed E-state index contributed by atoms with van der Waals surface area (Å²) in [5.41, 5.74) is 3.31. The number of urea groups is 1. The Balaban J connectivity index is 1.61. The lowest BCUT2D eigenvalue weighted by atomic mass is 10.1. The van der Waals surface area contributed by atoms with E-state index in [1.807, 2.05) is 35.8 Å². The summed E-state index contributed by atoms with van der Waals surface area (Å²) in [6.45, 7) is 1.23. The number of fused-ring (bicyclic) bond motifs is 1. The molecular formula is C23H27F3N6O3. The maximum Gasteiger partial charge on any atom is 0.405 e. The highest BCUT2D eigenvalue weighted by Gasteiger charge is 2.27. The number of aromatic nitrogens is 2. The third kappa shape index (κ3) is 8.26. The van der Waals surface area contributed by atoms with E-state index < -0.39 is 18.8 Å². The Morgan fingerprint density at radius 3 is 2.80 bits per heavy atom. The first-order valence-electron chi connectivity index (χ1n) is 10.8. The van der Waals surface area contributed by atoms with Crippen LogP contribution >= 0.6 is 0 Å². The average molecular weight is 493 g/mol. The van der Waals surface area contributed by atoms with Crippen LogP contribution in [0.3, 0.4) is 0 Å². The number of alkyl halides is 3. The summed E-state index contributed by atoms with van der Waals surface area (Å²) in [4.78, 5) is 23.5. The number of anilines is 1. The Bertz CT molecular complexity index is 1150. The molecule has 0 saturated heterocycles. The van der Waals surface area contributed by atoms with Crippen molar-refractivity contribution in [3.8, 4) is 11.3 Å². The van der Waals surface area contributed by atoms with Crippen molar-refractivity contribution in [1.82, 2.24) is 19.6 Å². The van der Waals surface area contributed by atoms with Crippen molar-refractivity contribution in [1.29, 1.82) is 0 Å². The summed E-state index contributed by atoms with van der Waals surface area (Å²) in [7, 11) is 3.64. The molecular weight excluding hydrogens is 465 g/mol. The van der Waals surface area contributed by atoms with Gasteiger partial charge in [-0.2, -0.15) is 13.2 Å². The van der Waals surface area contributed by atoms with Gasteiger partial charge in [-0.05, 0) is 31.3 Å². The van der Waals surface area contributed by atoms with Crippen molar-refractivity contribution in [2.24, 2.45) is 5.16 Å². The van der Waals surface area contributed by atoms with Crippen LogP contribution in [0, 0.1) is 0 Å². The number of hydrogen-bond donors (Lipinski definition) is 2. The number of halogens is 3. The molecule has 35 heavy (non-hydrogen) atoms. The van der Waals surface area contributed by atoms with Crippen LogP contribution in [-0.4, -0.2) is 79.7 Å². The van der Waals surface area contributed by atoms with E-state index in [9.17, 15) is 18.0 Å². The summed E-state index contributed by atoms with van der Waals surface area (Å²) >= 11 is 0. The van der Waals surface area contributed by atoms with Gasteiger partial charge in [-0.15, -0.1) is 0 Å². The fourth-order valence-corrected chi connectivity index (χ4v) is 3.11. The molecule has 9 nitrogen and oxygen atoms in total. The highest BCUT2D eigenvalue weighted by Crippen LogP contribution is 2.24. The molecule has 0 radical (unpaired) electrons. The van der Waals surface area contributed by atoms with Gasteiger partial charge in [-0.25, -0.2) is 9.78 Å². The largest absolute Gasteiger partial charge is 0.405 e. The zero-order valence-corrected chi connectivity index (χ0v) is 19.4. The monoisotopic (exact) mass is 492 g/mol. The molecule has 1 aromatic carbocycles. The first kappa shape index (κ1) is 26.0. The molecule has 0 aliphatic heterocycles. The number of benzene rings is 1. The van der Waals surface area contributed by atoms with Crippen LogP contribution in [0.25, 0.3) is 16.9 Å². The fraction of sp³-hybridized carbons (Fsp3) is 0.348. The van der Waals surface area contributed by atoms with Gasteiger partial charge in [0.2, 0.25) is 0 Å². The first-order valence-corrected chi connectivity index (χ1v) is 10.8. The van der Waals surface area contributed by atoms with Gasteiger partial charge in [0, 0.05) is 43.2 Å². The van der Waals surface area contributed by atoms with Crippen LogP contribution in [0.2, 0.25) is 0 Å². The van der Waals surface area contributed by atoms with Crippen LogP contribution in [-0.2, 0) is 9.57 Å². The molecule has 3 rings (SSSR count). The molecule has 12 heteroatoms. The zero-order chi connectivity index (χ0) is 25.3. The minimum Gasteiger partial charge on any atom is -0.394 e. The molecule has 0 aliphatic rings. The number of nitrogens with one attached hydrogen (secondary N) is 2. The van der Waals surface area contributed by atoms with Gasteiger partial charge in [0.15, 0.2) is 0 Å². The summed E-state index contributed by atoms with van der Waals surface area (Å²) < 4.78 is 43.7. The van der Waals surface area contributed by atoms with E-state index in [4.69, 9.17) is 9.57 Å². The maximum atomic E-state index is 12.3. The van der Waals surface area contributed by atoms with Crippen molar-refractivity contribution >= 4 is 23.6 Å². The Labute approximate surface area is 200 Å². The molecule has 0 spiro atoms. The summed E-state index contributed by atoms with van der Waals surface area (Å²) in [5, 5.41) is 8.18. The van der Waals surface area contributed by atoms with E-state index in [0.717, 1.165) is 29.9 Å². The molecule has 2 N–H and O–H groups in total. The summed E-state index contributed by atoms with van der Waals surface area (Å²) in [6, 6.07) is 9.50. The van der Waals surface area contributed by atoms with Gasteiger partial charge < -0.3 is 25.1 Å². The van der Waals surface area contributed by atoms with Crippen molar-refractivity contribution in [2.75, 3.05) is 52.3 Å². The average Bonchev–Trinajstić information content (AvgIpc) is 3.24. The molecule has 0 atom stereocenters. The predicted molar refractivity (Wildman–Crippen MR) is 127 cm³/mol.